The summed E-state index contributed by atoms with van der Waals surface area (Å²) in [6.45, 7) is 0. The van der Waals surface area contributed by atoms with Crippen LogP contribution in [0.5, 0.6) is 0 Å². The maximum atomic E-state index is 6.21. The van der Waals surface area contributed by atoms with E-state index in [9.17, 15) is 0 Å². The Labute approximate surface area is 178 Å². The van der Waals surface area contributed by atoms with Gasteiger partial charge < -0.3 is 9.88 Å². The second kappa shape index (κ2) is 7.53. The quantitative estimate of drug-likeness (QED) is 0.587. The molecule has 4 nitrogen and oxygen atoms in total. The molecule has 3 atom stereocenters. The van der Waals surface area contributed by atoms with Crippen molar-refractivity contribution in [2.45, 2.75) is 44.2 Å². The number of nitrogens with one attached hydrogen (secondary N) is 1. The molecule has 6 heteroatoms. The Morgan fingerprint density at radius 3 is 3.11 bits per heavy atom. The summed E-state index contributed by atoms with van der Waals surface area (Å²) in [6, 6.07) is 2.87. The van der Waals surface area contributed by atoms with Gasteiger partial charge in [0.2, 0.25) is 0 Å². The lowest BCUT2D eigenvalue weighted by Crippen LogP contribution is -2.28. The number of hydrogen-bond donors (Lipinski definition) is 1. The van der Waals surface area contributed by atoms with Gasteiger partial charge in [-0.25, -0.2) is 9.97 Å². The summed E-state index contributed by atoms with van der Waals surface area (Å²) in [6.07, 6.45) is 20.9. The molecule has 1 fully saturated rings. The molecule has 1 saturated carbocycles. The molecule has 3 unspecified atom stereocenters. The van der Waals surface area contributed by atoms with Crippen molar-refractivity contribution in [3.05, 3.63) is 69.9 Å². The molecular weight excluding hydrogens is 436 g/mol. The maximum Gasteiger partial charge on any atom is 0.145 e. The Bertz CT molecular complexity index is 1030. The lowest BCUT2D eigenvalue weighted by molar-refractivity contribution is 0.461. The van der Waals surface area contributed by atoms with E-state index >= 15 is 0 Å². The highest BCUT2D eigenvalue weighted by Gasteiger charge is 2.27. The summed E-state index contributed by atoms with van der Waals surface area (Å²) in [5.41, 5.74) is 3.72. The van der Waals surface area contributed by atoms with Gasteiger partial charge in [0.25, 0.3) is 0 Å². The van der Waals surface area contributed by atoms with Crippen LogP contribution in [0.2, 0.25) is 5.15 Å². The van der Waals surface area contributed by atoms with Crippen molar-refractivity contribution in [2.24, 2.45) is 5.92 Å². The van der Waals surface area contributed by atoms with Crippen molar-refractivity contribution < 1.29 is 0 Å². The molecule has 144 valence electrons. The van der Waals surface area contributed by atoms with E-state index in [1.54, 1.807) is 6.33 Å². The van der Waals surface area contributed by atoms with E-state index in [1.165, 1.54) is 36.8 Å². The Morgan fingerprint density at radius 1 is 1.25 bits per heavy atom. The first-order chi connectivity index (χ1) is 13.7. The van der Waals surface area contributed by atoms with Crippen LogP contribution in [-0.4, -0.2) is 20.6 Å². The van der Waals surface area contributed by atoms with Crippen LogP contribution in [-0.2, 0) is 0 Å². The molecule has 0 amide bonds. The number of dihydropyridines is 1. The molecule has 1 N–H and O–H groups in total. The van der Waals surface area contributed by atoms with E-state index in [1.807, 2.05) is 12.3 Å². The zero-order valence-electron chi connectivity index (χ0n) is 15.5. The molecule has 0 saturated heterocycles. The van der Waals surface area contributed by atoms with Crippen molar-refractivity contribution >= 4 is 38.6 Å². The number of nitrogens with zero attached hydrogens (tertiary/aromatic N) is 3. The van der Waals surface area contributed by atoms with Gasteiger partial charge in [-0.2, -0.15) is 0 Å². The summed E-state index contributed by atoms with van der Waals surface area (Å²) >= 11 is 9.74. The Kier molecular flexibility index (Phi) is 4.89. The Hall–Kier alpha value is -1.85. The fourth-order valence-corrected chi connectivity index (χ4v) is 5.25. The fraction of sp³-hybridized carbons (Fsp3) is 0.364. The molecule has 2 aromatic heterocycles. The van der Waals surface area contributed by atoms with Crippen molar-refractivity contribution in [1.82, 2.24) is 19.9 Å². The second-order valence-corrected chi connectivity index (χ2v) is 9.16. The van der Waals surface area contributed by atoms with Crippen molar-refractivity contribution in [2.75, 3.05) is 0 Å². The molecule has 0 aromatic carbocycles. The molecule has 2 aromatic rings. The minimum atomic E-state index is 0.313. The molecule has 28 heavy (non-hydrogen) atoms. The van der Waals surface area contributed by atoms with Gasteiger partial charge in [0.15, 0.2) is 0 Å². The average molecular weight is 458 g/mol. The summed E-state index contributed by atoms with van der Waals surface area (Å²) in [5, 5.41) is 4.94. The average Bonchev–Trinajstić information content (AvgIpc) is 3.33. The van der Waals surface area contributed by atoms with E-state index in [4.69, 9.17) is 11.6 Å². The van der Waals surface area contributed by atoms with Gasteiger partial charge in [-0.15, -0.1) is 0 Å². The molecule has 5 rings (SSSR count). The zero-order chi connectivity index (χ0) is 19.1. The summed E-state index contributed by atoms with van der Waals surface area (Å²) in [5.74, 6) is 0.763. The smallest absolute Gasteiger partial charge is 0.145 e. The van der Waals surface area contributed by atoms with E-state index in [2.05, 4.69) is 66.3 Å². The first-order valence-electron chi connectivity index (χ1n) is 9.86. The number of halogens is 2. The van der Waals surface area contributed by atoms with Gasteiger partial charge in [-0.3, -0.25) is 0 Å². The van der Waals surface area contributed by atoms with E-state index in [0.29, 0.717) is 17.2 Å². The maximum absolute atomic E-state index is 6.21. The minimum absolute atomic E-state index is 0.313. The first kappa shape index (κ1) is 18.2. The van der Waals surface area contributed by atoms with Gasteiger partial charge in [0.1, 0.15) is 17.1 Å². The van der Waals surface area contributed by atoms with Crippen molar-refractivity contribution in [3.8, 4) is 0 Å². The van der Waals surface area contributed by atoms with Crippen LogP contribution < -0.4 is 5.32 Å². The predicted molar refractivity (Wildman–Crippen MR) is 117 cm³/mol. The topological polar surface area (TPSA) is 42.7 Å². The van der Waals surface area contributed by atoms with Gasteiger partial charge >= 0.3 is 0 Å². The van der Waals surface area contributed by atoms with E-state index < -0.39 is 0 Å². The SMILES string of the molecule is Clc1ncnc2c1ccn2C1CCC(CCC2=CC3NC=C(Br)C=C3C=C2)C1. The third kappa shape index (κ3) is 3.46. The second-order valence-electron chi connectivity index (χ2n) is 7.89. The molecule has 3 aliphatic rings. The van der Waals surface area contributed by atoms with Crippen LogP contribution in [0.4, 0.5) is 0 Å². The predicted octanol–water partition coefficient (Wildman–Crippen LogP) is 5.84. The summed E-state index contributed by atoms with van der Waals surface area (Å²) in [7, 11) is 0. The summed E-state index contributed by atoms with van der Waals surface area (Å²) in [4.78, 5) is 8.55. The number of allylic oxidation sites excluding steroid dienone is 4. The zero-order valence-corrected chi connectivity index (χ0v) is 17.8. The monoisotopic (exact) mass is 456 g/mol. The van der Waals surface area contributed by atoms with Gasteiger partial charge in [-0.05, 0) is 77.2 Å². The van der Waals surface area contributed by atoms with E-state index in [-0.39, 0.29) is 0 Å². The molecule has 0 spiro atoms. The third-order valence-corrected chi connectivity index (χ3v) is 6.90. The number of fused-ring (bicyclic) bond motifs is 2. The molecule has 3 heterocycles. The van der Waals surface area contributed by atoms with Crippen LogP contribution in [0.3, 0.4) is 0 Å². The molecule has 0 bridgehead atoms. The van der Waals surface area contributed by atoms with Gasteiger partial charge in [-0.1, -0.05) is 29.8 Å². The molecule has 0 radical (unpaired) electrons. The van der Waals surface area contributed by atoms with Crippen LogP contribution in [0, 0.1) is 5.92 Å². The standard InChI is InChI=1S/C22H22BrClN4/c23-17-11-16-5-3-15(10-20(16)25-12-17)2-1-14-4-6-18(9-14)28-8-7-19-21(24)26-13-27-22(19)28/h3,5,7-8,10-14,18,20,25H,1-2,4,6,9H2. The van der Waals surface area contributed by atoms with Gasteiger partial charge in [0.05, 0.1) is 11.4 Å². The normalized spacial score (nSPS) is 26.5. The highest BCUT2D eigenvalue weighted by molar-refractivity contribution is 9.11. The summed E-state index contributed by atoms with van der Waals surface area (Å²) < 4.78 is 3.40. The fourth-order valence-electron chi connectivity index (χ4n) is 4.66. The van der Waals surface area contributed by atoms with Crippen LogP contribution in [0.25, 0.3) is 11.0 Å². The lowest BCUT2D eigenvalue weighted by Gasteiger charge is -2.24. The number of rotatable bonds is 4. The van der Waals surface area contributed by atoms with Gasteiger partial charge in [0, 0.05) is 22.9 Å². The number of hydrogen-bond acceptors (Lipinski definition) is 3. The van der Waals surface area contributed by atoms with Crippen molar-refractivity contribution in [1.29, 1.82) is 0 Å². The third-order valence-electron chi connectivity index (χ3n) is 6.14. The Morgan fingerprint density at radius 2 is 2.18 bits per heavy atom. The van der Waals surface area contributed by atoms with E-state index in [0.717, 1.165) is 27.9 Å². The minimum Gasteiger partial charge on any atom is -0.380 e. The molecule has 2 aliphatic carbocycles. The van der Waals surface area contributed by atoms with Crippen LogP contribution >= 0.6 is 27.5 Å². The highest BCUT2D eigenvalue weighted by Crippen LogP contribution is 2.40. The first-order valence-corrected chi connectivity index (χ1v) is 11.0. The largest absolute Gasteiger partial charge is 0.380 e. The number of aromatic nitrogens is 3. The van der Waals surface area contributed by atoms with Crippen LogP contribution in [0.1, 0.15) is 38.1 Å². The lowest BCUT2D eigenvalue weighted by atomic mass is 9.91. The molecular formula is C22H22BrClN4. The molecule has 1 aliphatic heterocycles. The highest BCUT2D eigenvalue weighted by atomic mass is 79.9. The van der Waals surface area contributed by atoms with Crippen molar-refractivity contribution in [3.63, 3.8) is 0 Å². The Balaban J connectivity index is 1.21. The van der Waals surface area contributed by atoms with Crippen LogP contribution in [0.15, 0.2) is 64.7 Å².